The summed E-state index contributed by atoms with van der Waals surface area (Å²) < 4.78 is 22.5. The third-order valence-electron chi connectivity index (χ3n) is 7.46. The number of benzene rings is 2. The zero-order valence-electron chi connectivity index (χ0n) is 23.7. The highest BCUT2D eigenvalue weighted by Crippen LogP contribution is 2.25. The molecule has 2 aromatic carbocycles. The molecule has 0 bridgehead atoms. The molecule has 2 fully saturated rings. The van der Waals surface area contributed by atoms with Crippen LogP contribution in [-0.4, -0.2) is 82.8 Å². The van der Waals surface area contributed by atoms with Gasteiger partial charge < -0.3 is 28.7 Å². The van der Waals surface area contributed by atoms with Crippen molar-refractivity contribution in [3.05, 3.63) is 78.0 Å². The van der Waals surface area contributed by atoms with Crippen molar-refractivity contribution in [1.82, 2.24) is 9.88 Å². The molecule has 0 saturated carbocycles. The highest BCUT2D eigenvalue weighted by atomic mass is 16.5. The van der Waals surface area contributed by atoms with Gasteiger partial charge in [-0.1, -0.05) is 24.3 Å². The SMILES string of the molecule is COc1cccc(CN(Cc2cccc(N3CCCC3)c2)c2ccc(OCCOCCN3CCOCC3)cn2)c1. The van der Waals surface area contributed by atoms with Crippen LogP contribution in [0.2, 0.25) is 0 Å². The lowest BCUT2D eigenvalue weighted by atomic mass is 10.1. The van der Waals surface area contributed by atoms with Crippen LogP contribution < -0.4 is 19.3 Å². The van der Waals surface area contributed by atoms with Crippen molar-refractivity contribution < 1.29 is 18.9 Å². The molecule has 1 aromatic heterocycles. The molecule has 5 rings (SSSR count). The molecule has 0 spiro atoms. The average Bonchev–Trinajstić information content (AvgIpc) is 3.55. The molecule has 214 valence electrons. The molecule has 3 aromatic rings. The topological polar surface area (TPSA) is 59.5 Å². The van der Waals surface area contributed by atoms with Gasteiger partial charge in [-0.3, -0.25) is 4.90 Å². The second-order valence-electron chi connectivity index (χ2n) is 10.3. The van der Waals surface area contributed by atoms with Gasteiger partial charge in [-0.25, -0.2) is 4.98 Å². The fraction of sp³-hybridized carbons (Fsp3) is 0.469. The molecule has 8 heteroatoms. The molecule has 2 saturated heterocycles. The van der Waals surface area contributed by atoms with E-state index < -0.39 is 0 Å². The van der Waals surface area contributed by atoms with Crippen LogP contribution in [0.3, 0.4) is 0 Å². The van der Waals surface area contributed by atoms with E-state index in [0.717, 1.165) is 76.3 Å². The Balaban J connectivity index is 1.19. The quantitative estimate of drug-likeness (QED) is 0.272. The Hall–Kier alpha value is -3.33. The van der Waals surface area contributed by atoms with E-state index >= 15 is 0 Å². The molecule has 0 N–H and O–H groups in total. The lowest BCUT2D eigenvalue weighted by Crippen LogP contribution is -2.38. The van der Waals surface area contributed by atoms with E-state index in [4.69, 9.17) is 23.9 Å². The van der Waals surface area contributed by atoms with Crippen LogP contribution in [-0.2, 0) is 22.6 Å². The van der Waals surface area contributed by atoms with Gasteiger partial charge in [0.1, 0.15) is 23.9 Å². The van der Waals surface area contributed by atoms with Gasteiger partial charge in [0.15, 0.2) is 0 Å². The van der Waals surface area contributed by atoms with Crippen molar-refractivity contribution >= 4 is 11.5 Å². The van der Waals surface area contributed by atoms with Crippen LogP contribution in [0.1, 0.15) is 24.0 Å². The summed E-state index contributed by atoms with van der Waals surface area (Å²) in [5.74, 6) is 2.51. The first-order valence-electron chi connectivity index (χ1n) is 14.5. The molecule has 2 aliphatic heterocycles. The fourth-order valence-corrected chi connectivity index (χ4v) is 5.24. The lowest BCUT2D eigenvalue weighted by molar-refractivity contribution is 0.0170. The smallest absolute Gasteiger partial charge is 0.137 e. The van der Waals surface area contributed by atoms with Crippen LogP contribution in [0.4, 0.5) is 11.5 Å². The zero-order chi connectivity index (χ0) is 27.4. The van der Waals surface area contributed by atoms with Crippen molar-refractivity contribution in [2.75, 3.05) is 82.7 Å². The second kappa shape index (κ2) is 14.9. The Labute approximate surface area is 238 Å². The molecule has 0 atom stereocenters. The van der Waals surface area contributed by atoms with Gasteiger partial charge >= 0.3 is 0 Å². The molecule has 40 heavy (non-hydrogen) atoms. The monoisotopic (exact) mass is 546 g/mol. The molecule has 2 aliphatic rings. The first-order valence-corrected chi connectivity index (χ1v) is 14.5. The first kappa shape index (κ1) is 28.2. The standard InChI is InChI=1S/C32H42N4O4/c1-37-30-9-5-7-28(23-30)26-36(25-27-6-4-8-29(22-27)35-12-2-3-13-35)32-11-10-31(24-33-32)40-21-20-39-19-16-34-14-17-38-18-15-34/h4-11,22-24H,2-3,12-21,25-26H2,1H3. The second-order valence-corrected chi connectivity index (χ2v) is 10.3. The Morgan fingerprint density at radius 2 is 1.60 bits per heavy atom. The number of aromatic nitrogens is 1. The van der Waals surface area contributed by atoms with Gasteiger partial charge in [-0.15, -0.1) is 0 Å². The van der Waals surface area contributed by atoms with Crippen LogP contribution in [0.25, 0.3) is 0 Å². The molecule has 0 radical (unpaired) electrons. The highest BCUT2D eigenvalue weighted by molar-refractivity contribution is 5.51. The number of rotatable bonds is 14. The number of ether oxygens (including phenoxy) is 4. The Morgan fingerprint density at radius 1 is 0.825 bits per heavy atom. The van der Waals surface area contributed by atoms with E-state index in [-0.39, 0.29) is 0 Å². The van der Waals surface area contributed by atoms with Gasteiger partial charge in [0.25, 0.3) is 0 Å². The maximum Gasteiger partial charge on any atom is 0.137 e. The number of morpholine rings is 1. The number of methoxy groups -OCH3 is 1. The van der Waals surface area contributed by atoms with Gasteiger partial charge in [-0.2, -0.15) is 0 Å². The van der Waals surface area contributed by atoms with Crippen molar-refractivity contribution in [1.29, 1.82) is 0 Å². The number of pyridine rings is 1. The summed E-state index contributed by atoms with van der Waals surface area (Å²) in [6.45, 7) is 10.0. The van der Waals surface area contributed by atoms with Crippen molar-refractivity contribution in [2.24, 2.45) is 0 Å². The van der Waals surface area contributed by atoms with Crippen LogP contribution >= 0.6 is 0 Å². The number of anilines is 2. The summed E-state index contributed by atoms with van der Waals surface area (Å²) in [5, 5.41) is 0. The third kappa shape index (κ3) is 8.34. The van der Waals surface area contributed by atoms with E-state index in [1.807, 2.05) is 30.5 Å². The minimum absolute atomic E-state index is 0.501. The van der Waals surface area contributed by atoms with Crippen molar-refractivity contribution in [2.45, 2.75) is 25.9 Å². The Kier molecular flexibility index (Phi) is 10.5. The van der Waals surface area contributed by atoms with Gasteiger partial charge in [0.05, 0.1) is 39.7 Å². The van der Waals surface area contributed by atoms with Crippen LogP contribution in [0, 0.1) is 0 Å². The number of hydrogen-bond donors (Lipinski definition) is 0. The summed E-state index contributed by atoms with van der Waals surface area (Å²) in [4.78, 5) is 11.9. The van der Waals surface area contributed by atoms with Crippen LogP contribution in [0.5, 0.6) is 11.5 Å². The van der Waals surface area contributed by atoms with E-state index in [1.54, 1.807) is 7.11 Å². The summed E-state index contributed by atoms with van der Waals surface area (Å²) >= 11 is 0. The molecule has 8 nitrogen and oxygen atoms in total. The number of nitrogens with zero attached hydrogens (tertiary/aromatic N) is 4. The van der Waals surface area contributed by atoms with E-state index in [2.05, 4.69) is 51.1 Å². The molecule has 0 aliphatic carbocycles. The summed E-state index contributed by atoms with van der Waals surface area (Å²) in [6, 6.07) is 21.2. The van der Waals surface area contributed by atoms with E-state index in [1.165, 1.54) is 29.7 Å². The van der Waals surface area contributed by atoms with Gasteiger partial charge in [0.2, 0.25) is 0 Å². The fourth-order valence-electron chi connectivity index (χ4n) is 5.24. The average molecular weight is 547 g/mol. The van der Waals surface area contributed by atoms with Crippen molar-refractivity contribution in [3.8, 4) is 11.5 Å². The minimum atomic E-state index is 0.501. The molecular weight excluding hydrogens is 504 g/mol. The largest absolute Gasteiger partial charge is 0.497 e. The molecular formula is C32H42N4O4. The minimum Gasteiger partial charge on any atom is -0.497 e. The molecule has 0 unspecified atom stereocenters. The lowest BCUT2D eigenvalue weighted by Gasteiger charge is -2.26. The normalized spacial score (nSPS) is 15.8. The third-order valence-corrected chi connectivity index (χ3v) is 7.46. The van der Waals surface area contributed by atoms with Crippen molar-refractivity contribution in [3.63, 3.8) is 0 Å². The first-order chi connectivity index (χ1) is 19.8. The van der Waals surface area contributed by atoms with Gasteiger partial charge in [0, 0.05) is 51.5 Å². The predicted octanol–water partition coefficient (Wildman–Crippen LogP) is 4.62. The highest BCUT2D eigenvalue weighted by Gasteiger charge is 2.15. The number of hydrogen-bond acceptors (Lipinski definition) is 8. The maximum atomic E-state index is 5.91. The van der Waals surface area contributed by atoms with Crippen LogP contribution in [0.15, 0.2) is 66.9 Å². The van der Waals surface area contributed by atoms with E-state index in [0.29, 0.717) is 19.8 Å². The Bertz CT molecular complexity index is 1160. The molecule has 0 amide bonds. The maximum absolute atomic E-state index is 5.91. The van der Waals surface area contributed by atoms with Gasteiger partial charge in [-0.05, 0) is 60.4 Å². The summed E-state index contributed by atoms with van der Waals surface area (Å²) in [5.41, 5.74) is 3.75. The van der Waals surface area contributed by atoms with E-state index in [9.17, 15) is 0 Å². The predicted molar refractivity (Wildman–Crippen MR) is 159 cm³/mol. The Morgan fingerprint density at radius 3 is 2.35 bits per heavy atom. The summed E-state index contributed by atoms with van der Waals surface area (Å²) in [6.07, 6.45) is 4.35. The summed E-state index contributed by atoms with van der Waals surface area (Å²) in [7, 11) is 1.70. The molecule has 3 heterocycles. The zero-order valence-corrected chi connectivity index (χ0v) is 23.7.